The lowest BCUT2D eigenvalue weighted by molar-refractivity contribution is -0.384. The summed E-state index contributed by atoms with van der Waals surface area (Å²) in [6, 6.07) is 4.82. The Morgan fingerprint density at radius 1 is 1.24 bits per heavy atom. The SMILES string of the molecule is O=C(O)C=CC(=O)Oc1ccc([N+](=O)[O-])cc1. The van der Waals surface area contributed by atoms with Gasteiger partial charge in [0.1, 0.15) is 5.75 Å². The van der Waals surface area contributed by atoms with Crippen molar-refractivity contribution < 1.29 is 24.4 Å². The van der Waals surface area contributed by atoms with Crippen molar-refractivity contribution >= 4 is 17.6 Å². The molecule has 88 valence electrons. The third-order valence-corrected chi connectivity index (χ3v) is 1.63. The van der Waals surface area contributed by atoms with Gasteiger partial charge in [0.2, 0.25) is 0 Å². The summed E-state index contributed by atoms with van der Waals surface area (Å²) in [7, 11) is 0. The minimum Gasteiger partial charge on any atom is -0.478 e. The minimum absolute atomic E-state index is 0.0932. The molecule has 7 nitrogen and oxygen atoms in total. The first kappa shape index (κ1) is 12.4. The molecule has 0 aromatic heterocycles. The number of carbonyl (C=O) groups is 2. The highest BCUT2D eigenvalue weighted by Crippen LogP contribution is 2.17. The number of nitrogens with zero attached hydrogens (tertiary/aromatic N) is 1. The predicted molar refractivity (Wildman–Crippen MR) is 55.5 cm³/mol. The second-order valence-corrected chi connectivity index (χ2v) is 2.84. The maximum atomic E-state index is 11.0. The summed E-state index contributed by atoms with van der Waals surface area (Å²) >= 11 is 0. The van der Waals surface area contributed by atoms with Gasteiger partial charge in [-0.3, -0.25) is 10.1 Å². The molecule has 1 rings (SSSR count). The van der Waals surface area contributed by atoms with Crippen molar-refractivity contribution in [2.24, 2.45) is 0 Å². The molecule has 0 saturated carbocycles. The number of aliphatic carboxylic acids is 1. The van der Waals surface area contributed by atoms with Crippen molar-refractivity contribution in [2.75, 3.05) is 0 Å². The van der Waals surface area contributed by atoms with E-state index in [1.807, 2.05) is 0 Å². The van der Waals surface area contributed by atoms with E-state index in [1.165, 1.54) is 24.3 Å². The van der Waals surface area contributed by atoms with Crippen LogP contribution in [0.1, 0.15) is 0 Å². The van der Waals surface area contributed by atoms with Crippen molar-refractivity contribution in [2.45, 2.75) is 0 Å². The van der Waals surface area contributed by atoms with Gasteiger partial charge >= 0.3 is 11.9 Å². The topological polar surface area (TPSA) is 107 Å². The van der Waals surface area contributed by atoms with Gasteiger partial charge in [-0.05, 0) is 12.1 Å². The molecular formula is C10H7NO6. The van der Waals surface area contributed by atoms with Crippen LogP contribution in [0.3, 0.4) is 0 Å². The van der Waals surface area contributed by atoms with Gasteiger partial charge in [-0.1, -0.05) is 0 Å². The predicted octanol–water partition coefficient (Wildman–Crippen LogP) is 1.14. The number of ether oxygens (including phenoxy) is 1. The van der Waals surface area contributed by atoms with Crippen molar-refractivity contribution in [3.63, 3.8) is 0 Å². The number of non-ortho nitro benzene ring substituents is 1. The number of nitro benzene ring substituents is 1. The van der Waals surface area contributed by atoms with Crippen LogP contribution in [-0.4, -0.2) is 22.0 Å². The zero-order valence-corrected chi connectivity index (χ0v) is 8.40. The first-order chi connectivity index (χ1) is 7.99. The first-order valence-corrected chi connectivity index (χ1v) is 4.36. The Labute approximate surface area is 95.1 Å². The van der Waals surface area contributed by atoms with Gasteiger partial charge in [-0.2, -0.15) is 0 Å². The first-order valence-electron chi connectivity index (χ1n) is 4.36. The van der Waals surface area contributed by atoms with Gasteiger partial charge in [-0.25, -0.2) is 9.59 Å². The van der Waals surface area contributed by atoms with Gasteiger partial charge in [0.05, 0.1) is 4.92 Å². The second-order valence-electron chi connectivity index (χ2n) is 2.84. The quantitative estimate of drug-likeness (QED) is 0.276. The molecule has 17 heavy (non-hydrogen) atoms. The number of hydrogen-bond donors (Lipinski definition) is 1. The van der Waals surface area contributed by atoms with Crippen LogP contribution in [0.2, 0.25) is 0 Å². The van der Waals surface area contributed by atoms with E-state index in [9.17, 15) is 19.7 Å². The molecule has 0 atom stereocenters. The van der Waals surface area contributed by atoms with Crippen LogP contribution in [0, 0.1) is 10.1 Å². The van der Waals surface area contributed by atoms with Crippen LogP contribution >= 0.6 is 0 Å². The van der Waals surface area contributed by atoms with E-state index in [0.717, 1.165) is 6.08 Å². The average molecular weight is 237 g/mol. The molecule has 0 radical (unpaired) electrons. The number of esters is 1. The standard InChI is InChI=1S/C10H7NO6/c12-9(13)5-6-10(14)17-8-3-1-7(2-4-8)11(15)16/h1-6H,(H,12,13). The highest BCUT2D eigenvalue weighted by Gasteiger charge is 2.06. The lowest BCUT2D eigenvalue weighted by Gasteiger charge is -1.99. The van der Waals surface area contributed by atoms with Crippen LogP contribution in [0.4, 0.5) is 5.69 Å². The van der Waals surface area contributed by atoms with Crippen LogP contribution in [0.15, 0.2) is 36.4 Å². The van der Waals surface area contributed by atoms with Crippen LogP contribution in [-0.2, 0) is 9.59 Å². The Hall–Kier alpha value is -2.70. The van der Waals surface area contributed by atoms with Gasteiger partial charge in [-0.15, -0.1) is 0 Å². The molecule has 0 unspecified atom stereocenters. The molecule has 0 aliphatic rings. The molecule has 1 N–H and O–H groups in total. The summed E-state index contributed by atoms with van der Waals surface area (Å²) in [6.07, 6.45) is 1.37. The Morgan fingerprint density at radius 3 is 2.29 bits per heavy atom. The van der Waals surface area contributed by atoms with Gasteiger partial charge in [0.25, 0.3) is 5.69 Å². The van der Waals surface area contributed by atoms with E-state index >= 15 is 0 Å². The zero-order valence-electron chi connectivity index (χ0n) is 8.40. The Bertz CT molecular complexity index is 476. The number of nitro groups is 1. The summed E-state index contributed by atoms with van der Waals surface area (Å²) < 4.78 is 4.69. The van der Waals surface area contributed by atoms with E-state index in [2.05, 4.69) is 4.74 Å². The van der Waals surface area contributed by atoms with Crippen LogP contribution in [0.5, 0.6) is 5.75 Å². The van der Waals surface area contributed by atoms with Crippen molar-refractivity contribution in [3.05, 3.63) is 46.5 Å². The molecule has 0 aliphatic carbocycles. The lowest BCUT2D eigenvalue weighted by atomic mass is 10.3. The molecule has 1 aromatic rings. The number of benzene rings is 1. The number of carboxylic acid groups (broad SMARTS) is 1. The summed E-state index contributed by atoms with van der Waals surface area (Å²) in [4.78, 5) is 30.9. The number of carboxylic acids is 1. The van der Waals surface area contributed by atoms with E-state index in [4.69, 9.17) is 5.11 Å². The van der Waals surface area contributed by atoms with Gasteiger partial charge in [0, 0.05) is 24.3 Å². The summed E-state index contributed by atoms with van der Waals surface area (Å²) in [5, 5.41) is 18.6. The molecule has 0 spiro atoms. The van der Waals surface area contributed by atoms with E-state index in [0.29, 0.717) is 6.08 Å². The molecule has 0 saturated heterocycles. The highest BCUT2D eigenvalue weighted by molar-refractivity contribution is 5.91. The average Bonchev–Trinajstić information content (AvgIpc) is 2.27. The Morgan fingerprint density at radius 2 is 1.82 bits per heavy atom. The molecule has 7 heteroatoms. The third-order valence-electron chi connectivity index (χ3n) is 1.63. The van der Waals surface area contributed by atoms with Crippen molar-refractivity contribution in [1.29, 1.82) is 0 Å². The van der Waals surface area contributed by atoms with Crippen LogP contribution in [0.25, 0.3) is 0 Å². The number of carbonyl (C=O) groups excluding carboxylic acids is 1. The van der Waals surface area contributed by atoms with E-state index in [1.54, 1.807) is 0 Å². The normalized spacial score (nSPS) is 10.1. The maximum absolute atomic E-state index is 11.0. The zero-order chi connectivity index (χ0) is 12.8. The van der Waals surface area contributed by atoms with Crippen molar-refractivity contribution in [1.82, 2.24) is 0 Å². The monoisotopic (exact) mass is 237 g/mol. The van der Waals surface area contributed by atoms with Crippen molar-refractivity contribution in [3.8, 4) is 5.75 Å². The van der Waals surface area contributed by atoms with Gasteiger partial charge in [0.15, 0.2) is 0 Å². The van der Waals surface area contributed by atoms with Crippen LogP contribution < -0.4 is 4.74 Å². The lowest BCUT2D eigenvalue weighted by Crippen LogP contribution is -2.04. The number of hydrogen-bond acceptors (Lipinski definition) is 5. The molecule has 0 heterocycles. The molecule has 0 aliphatic heterocycles. The fraction of sp³-hybridized carbons (Fsp3) is 0. The molecule has 0 fully saturated rings. The van der Waals surface area contributed by atoms with E-state index in [-0.39, 0.29) is 11.4 Å². The fourth-order valence-electron chi connectivity index (χ4n) is 0.925. The summed E-state index contributed by atoms with van der Waals surface area (Å²) in [5.41, 5.74) is -0.133. The Kier molecular flexibility index (Phi) is 3.93. The summed E-state index contributed by atoms with van der Waals surface area (Å²) in [6.45, 7) is 0. The Balaban J connectivity index is 2.66. The van der Waals surface area contributed by atoms with Gasteiger partial charge < -0.3 is 9.84 Å². The smallest absolute Gasteiger partial charge is 0.336 e. The summed E-state index contributed by atoms with van der Waals surface area (Å²) in [5.74, 6) is -2.05. The maximum Gasteiger partial charge on any atom is 0.336 e. The number of rotatable bonds is 4. The minimum atomic E-state index is -1.27. The largest absolute Gasteiger partial charge is 0.478 e. The van der Waals surface area contributed by atoms with E-state index < -0.39 is 16.9 Å². The molecule has 0 bridgehead atoms. The highest BCUT2D eigenvalue weighted by atomic mass is 16.6. The molecule has 0 amide bonds. The molecule has 1 aromatic carbocycles. The second kappa shape index (κ2) is 5.40. The third kappa shape index (κ3) is 4.12. The fourth-order valence-corrected chi connectivity index (χ4v) is 0.925. The molecular weight excluding hydrogens is 230 g/mol.